The summed E-state index contributed by atoms with van der Waals surface area (Å²) in [6, 6.07) is 5.64. The molecule has 172 valence electrons. The Balaban J connectivity index is 1.27. The van der Waals surface area contributed by atoms with Crippen LogP contribution in [0.3, 0.4) is 0 Å². The lowest BCUT2D eigenvalue weighted by molar-refractivity contribution is -0.136. The average Bonchev–Trinajstić information content (AvgIpc) is 3.44. The molecule has 0 bridgehead atoms. The van der Waals surface area contributed by atoms with Gasteiger partial charge in [-0.15, -0.1) is 0 Å². The van der Waals surface area contributed by atoms with E-state index in [4.69, 9.17) is 0 Å². The highest BCUT2D eigenvalue weighted by atomic mass is 19.1. The van der Waals surface area contributed by atoms with Crippen LogP contribution in [0.1, 0.15) is 79.8 Å². The fourth-order valence-electron chi connectivity index (χ4n) is 5.75. The zero-order valence-corrected chi connectivity index (χ0v) is 18.7. The highest BCUT2D eigenvalue weighted by Crippen LogP contribution is 2.43. The molecule has 2 aliphatic heterocycles. The van der Waals surface area contributed by atoms with E-state index in [-0.39, 0.29) is 30.2 Å². The summed E-state index contributed by atoms with van der Waals surface area (Å²) in [4.78, 5) is 38.2. The number of hydrogen-bond acceptors (Lipinski definition) is 4. The fourth-order valence-corrected chi connectivity index (χ4v) is 5.75. The van der Waals surface area contributed by atoms with E-state index in [0.717, 1.165) is 24.8 Å². The van der Waals surface area contributed by atoms with Gasteiger partial charge in [-0.3, -0.25) is 19.7 Å². The van der Waals surface area contributed by atoms with Gasteiger partial charge in [-0.25, -0.2) is 4.39 Å². The SMILES string of the molecule is C[C@H](N[C@H]1CCCC[C@@H]1Cc1ccc2c(c1)CN(C1CCC(=O)NC1=O)C2=O)C1(F)CC1. The maximum atomic E-state index is 14.5. The second kappa shape index (κ2) is 8.25. The molecule has 3 amide bonds. The van der Waals surface area contributed by atoms with Crippen molar-refractivity contribution < 1.29 is 18.8 Å². The number of benzene rings is 1. The zero-order chi connectivity index (χ0) is 22.5. The molecule has 0 spiro atoms. The molecule has 0 aromatic heterocycles. The van der Waals surface area contributed by atoms with Gasteiger partial charge in [0.15, 0.2) is 0 Å². The predicted octanol–water partition coefficient (Wildman–Crippen LogP) is 3.03. The highest BCUT2D eigenvalue weighted by molar-refractivity contribution is 6.05. The van der Waals surface area contributed by atoms with Crippen molar-refractivity contribution in [3.63, 3.8) is 0 Å². The van der Waals surface area contributed by atoms with Crippen LogP contribution in [0.2, 0.25) is 0 Å². The summed E-state index contributed by atoms with van der Waals surface area (Å²) in [5.74, 6) is -0.336. The number of hydrogen-bond donors (Lipinski definition) is 2. The van der Waals surface area contributed by atoms with Crippen LogP contribution in [-0.2, 0) is 22.6 Å². The topological polar surface area (TPSA) is 78.5 Å². The van der Waals surface area contributed by atoms with Gasteiger partial charge in [-0.2, -0.15) is 0 Å². The molecule has 1 aromatic carbocycles. The predicted molar refractivity (Wildman–Crippen MR) is 118 cm³/mol. The zero-order valence-electron chi connectivity index (χ0n) is 18.7. The first kappa shape index (κ1) is 21.6. The molecular formula is C25H32FN3O3. The van der Waals surface area contributed by atoms with E-state index in [9.17, 15) is 18.8 Å². The normalized spacial score (nSPS) is 30.1. The number of amides is 3. The number of halogens is 1. The Labute approximate surface area is 188 Å². The number of alkyl halides is 1. The van der Waals surface area contributed by atoms with Crippen LogP contribution in [0.25, 0.3) is 0 Å². The van der Waals surface area contributed by atoms with E-state index in [1.54, 1.807) is 4.90 Å². The van der Waals surface area contributed by atoms with Gasteiger partial charge in [0.25, 0.3) is 5.91 Å². The fraction of sp³-hybridized carbons (Fsp3) is 0.640. The van der Waals surface area contributed by atoms with Crippen molar-refractivity contribution in [3.05, 3.63) is 34.9 Å². The lowest BCUT2D eigenvalue weighted by atomic mass is 9.80. The number of nitrogens with zero attached hydrogens (tertiary/aromatic N) is 1. The third-order valence-electron chi connectivity index (χ3n) is 7.96. The largest absolute Gasteiger partial charge is 0.322 e. The van der Waals surface area contributed by atoms with Crippen molar-refractivity contribution >= 4 is 17.7 Å². The number of nitrogens with one attached hydrogen (secondary N) is 2. The minimum atomic E-state index is -1.02. The van der Waals surface area contributed by atoms with E-state index in [2.05, 4.69) is 16.7 Å². The number of piperidine rings is 1. The molecule has 6 nitrogen and oxygen atoms in total. The highest BCUT2D eigenvalue weighted by Gasteiger charge is 2.49. The molecule has 2 N–H and O–H groups in total. The first-order chi connectivity index (χ1) is 15.3. The monoisotopic (exact) mass is 441 g/mol. The standard InChI is InChI=1S/C25H32FN3O3/c1-15(25(26)10-11-25)27-20-5-3-2-4-17(20)12-16-6-7-19-18(13-16)14-29(24(19)32)21-8-9-22(30)28-23(21)31/h6-7,13,15,17,20-21,27H,2-5,8-12,14H2,1H3,(H,28,30,31)/t15-,17+,20-,21?/m0/s1. The van der Waals surface area contributed by atoms with Crippen molar-refractivity contribution in [1.82, 2.24) is 15.5 Å². The van der Waals surface area contributed by atoms with Gasteiger partial charge >= 0.3 is 0 Å². The van der Waals surface area contributed by atoms with Crippen LogP contribution < -0.4 is 10.6 Å². The van der Waals surface area contributed by atoms with E-state index in [0.29, 0.717) is 43.3 Å². The molecule has 2 saturated carbocycles. The summed E-state index contributed by atoms with van der Waals surface area (Å²) in [5, 5.41) is 5.95. The van der Waals surface area contributed by atoms with Crippen molar-refractivity contribution in [2.75, 3.05) is 0 Å². The first-order valence-electron chi connectivity index (χ1n) is 12.1. The van der Waals surface area contributed by atoms with Crippen LogP contribution in [-0.4, -0.2) is 46.4 Å². The van der Waals surface area contributed by atoms with Gasteiger partial charge in [0.1, 0.15) is 11.7 Å². The summed E-state index contributed by atoms with van der Waals surface area (Å²) in [7, 11) is 0. The average molecular weight is 442 g/mol. The van der Waals surface area contributed by atoms with Gasteiger partial charge < -0.3 is 10.2 Å². The minimum Gasteiger partial charge on any atom is -0.322 e. The van der Waals surface area contributed by atoms with Crippen molar-refractivity contribution in [3.8, 4) is 0 Å². The maximum absolute atomic E-state index is 14.5. The molecule has 3 fully saturated rings. The van der Waals surface area contributed by atoms with Crippen LogP contribution in [0.15, 0.2) is 18.2 Å². The molecule has 0 radical (unpaired) electrons. The Kier molecular flexibility index (Phi) is 5.56. The van der Waals surface area contributed by atoms with Gasteiger partial charge in [0, 0.05) is 30.6 Å². The second-order valence-corrected chi connectivity index (χ2v) is 10.2. The molecule has 5 rings (SSSR count). The van der Waals surface area contributed by atoms with Gasteiger partial charge in [0.2, 0.25) is 11.8 Å². The van der Waals surface area contributed by atoms with Gasteiger partial charge in [-0.05, 0) is 68.6 Å². The Morgan fingerprint density at radius 3 is 2.72 bits per heavy atom. The maximum Gasteiger partial charge on any atom is 0.255 e. The number of carbonyl (C=O) groups excluding carboxylic acids is 3. The summed E-state index contributed by atoms with van der Waals surface area (Å²) in [6.45, 7) is 2.38. The number of rotatable bonds is 6. The Bertz CT molecular complexity index is 944. The Morgan fingerprint density at radius 1 is 1.19 bits per heavy atom. The third kappa shape index (κ3) is 4.07. The molecule has 4 atom stereocenters. The number of imide groups is 1. The summed E-state index contributed by atoms with van der Waals surface area (Å²) in [6.07, 6.45) is 7.47. The lowest BCUT2D eigenvalue weighted by Gasteiger charge is -2.35. The smallest absolute Gasteiger partial charge is 0.255 e. The van der Waals surface area contributed by atoms with Crippen LogP contribution in [0, 0.1) is 5.92 Å². The second-order valence-electron chi connectivity index (χ2n) is 10.2. The number of carbonyl (C=O) groups is 3. The molecule has 4 aliphatic rings. The summed E-state index contributed by atoms with van der Waals surface area (Å²) < 4.78 is 14.5. The molecule has 32 heavy (non-hydrogen) atoms. The molecule has 1 saturated heterocycles. The van der Waals surface area contributed by atoms with Crippen LogP contribution in [0.5, 0.6) is 0 Å². The molecule has 7 heteroatoms. The Hall–Kier alpha value is -2.28. The van der Waals surface area contributed by atoms with Crippen molar-refractivity contribution in [2.45, 2.75) is 95.1 Å². The third-order valence-corrected chi connectivity index (χ3v) is 7.96. The van der Waals surface area contributed by atoms with E-state index in [1.165, 1.54) is 18.4 Å². The minimum absolute atomic E-state index is 0.104. The molecule has 1 aromatic rings. The van der Waals surface area contributed by atoms with E-state index in [1.807, 2.05) is 19.1 Å². The first-order valence-corrected chi connectivity index (χ1v) is 12.1. The van der Waals surface area contributed by atoms with Crippen molar-refractivity contribution in [2.24, 2.45) is 5.92 Å². The van der Waals surface area contributed by atoms with Crippen LogP contribution >= 0.6 is 0 Å². The van der Waals surface area contributed by atoms with Crippen molar-refractivity contribution in [1.29, 1.82) is 0 Å². The summed E-state index contributed by atoms with van der Waals surface area (Å²) in [5.41, 5.74) is 1.77. The molecule has 2 aliphatic carbocycles. The van der Waals surface area contributed by atoms with Gasteiger partial charge in [0.05, 0.1) is 0 Å². The van der Waals surface area contributed by atoms with E-state index < -0.39 is 11.7 Å². The summed E-state index contributed by atoms with van der Waals surface area (Å²) >= 11 is 0. The Morgan fingerprint density at radius 2 is 1.97 bits per heavy atom. The number of fused-ring (bicyclic) bond motifs is 1. The molecule has 2 heterocycles. The van der Waals surface area contributed by atoms with Gasteiger partial charge in [-0.1, -0.05) is 25.0 Å². The van der Waals surface area contributed by atoms with Crippen LogP contribution in [0.4, 0.5) is 4.39 Å². The molecular weight excluding hydrogens is 409 g/mol. The molecule has 1 unspecified atom stereocenters. The quantitative estimate of drug-likeness (QED) is 0.666. The lowest BCUT2D eigenvalue weighted by Crippen LogP contribution is -2.52. The van der Waals surface area contributed by atoms with E-state index >= 15 is 0 Å².